The van der Waals surface area contributed by atoms with Crippen LogP contribution in [0, 0.1) is 5.92 Å². The van der Waals surface area contributed by atoms with Gasteiger partial charge in [0.25, 0.3) is 0 Å². The number of nitrogens with zero attached hydrogens (tertiary/aromatic N) is 1. The van der Waals surface area contributed by atoms with E-state index in [9.17, 15) is 19.2 Å². The second kappa shape index (κ2) is 11.8. The Bertz CT molecular complexity index is 1280. The zero-order chi connectivity index (χ0) is 28.3. The lowest BCUT2D eigenvalue weighted by molar-refractivity contribution is -0.143. The van der Waals surface area contributed by atoms with Crippen molar-refractivity contribution in [2.45, 2.75) is 62.6 Å². The smallest absolute Gasteiger partial charge is 0.412 e. The summed E-state index contributed by atoms with van der Waals surface area (Å²) in [6.07, 6.45) is 2.03. The molecule has 2 heterocycles. The van der Waals surface area contributed by atoms with Crippen molar-refractivity contribution in [2.24, 2.45) is 5.92 Å². The summed E-state index contributed by atoms with van der Waals surface area (Å²) in [5.74, 6) is -0.749. The summed E-state index contributed by atoms with van der Waals surface area (Å²) in [7, 11) is 0. The zero-order valence-electron chi connectivity index (χ0n) is 22.0. The summed E-state index contributed by atoms with van der Waals surface area (Å²) in [4.78, 5) is 52.5. The molecule has 1 saturated heterocycles. The fourth-order valence-electron chi connectivity index (χ4n) is 6.12. The molecule has 2 aromatic carbocycles. The first-order valence-corrected chi connectivity index (χ1v) is 14.0. The summed E-state index contributed by atoms with van der Waals surface area (Å²) >= 11 is 6.29. The third-order valence-corrected chi connectivity index (χ3v) is 8.32. The maximum atomic E-state index is 14.0. The molecule has 212 valence electrons. The molecule has 1 spiro atoms. The van der Waals surface area contributed by atoms with Crippen LogP contribution in [0.1, 0.15) is 49.7 Å². The molecule has 1 saturated carbocycles. The van der Waals surface area contributed by atoms with Gasteiger partial charge in [0.2, 0.25) is 11.8 Å². The van der Waals surface area contributed by atoms with Crippen LogP contribution >= 0.6 is 11.6 Å². The van der Waals surface area contributed by atoms with Crippen LogP contribution in [0.15, 0.2) is 48.5 Å². The number of fused-ring (bicyclic) bond motifs is 2. The summed E-state index contributed by atoms with van der Waals surface area (Å²) in [6.45, 7) is 0.619. The van der Waals surface area contributed by atoms with Crippen molar-refractivity contribution in [1.29, 1.82) is 0 Å². The molecule has 2 fully saturated rings. The van der Waals surface area contributed by atoms with Gasteiger partial charge in [0.15, 0.2) is 5.60 Å². The number of rotatable bonds is 6. The van der Waals surface area contributed by atoms with Crippen LogP contribution in [0.4, 0.5) is 15.3 Å². The summed E-state index contributed by atoms with van der Waals surface area (Å²) < 4.78 is 5.85. The largest absolute Gasteiger partial charge is 0.465 e. The molecule has 0 radical (unpaired) electrons. The van der Waals surface area contributed by atoms with E-state index in [4.69, 9.17) is 21.4 Å². The number of amides is 4. The Hall–Kier alpha value is -3.79. The van der Waals surface area contributed by atoms with Crippen molar-refractivity contribution >= 4 is 41.3 Å². The number of carboxylic acid groups (broad SMARTS) is 1. The van der Waals surface area contributed by atoms with Crippen molar-refractivity contribution in [3.63, 3.8) is 0 Å². The Morgan fingerprint density at radius 2 is 1.88 bits per heavy atom. The third-order valence-electron chi connectivity index (χ3n) is 8.09. The van der Waals surface area contributed by atoms with E-state index in [0.29, 0.717) is 62.2 Å². The van der Waals surface area contributed by atoms with Crippen LogP contribution in [-0.2, 0) is 26.3 Å². The molecule has 5 rings (SSSR count). The van der Waals surface area contributed by atoms with Gasteiger partial charge in [0.05, 0.1) is 12.2 Å². The number of ether oxygens (including phenoxy) is 1. The van der Waals surface area contributed by atoms with Gasteiger partial charge in [-0.2, -0.15) is 0 Å². The molecule has 0 unspecified atom stereocenters. The topological polar surface area (TPSA) is 137 Å². The fraction of sp³-hybridized carbons (Fsp3) is 0.448. The van der Waals surface area contributed by atoms with Crippen LogP contribution in [0.25, 0.3) is 0 Å². The maximum Gasteiger partial charge on any atom is 0.412 e. The second-order valence-corrected chi connectivity index (χ2v) is 11.2. The number of carbonyl (C=O) groups is 4. The van der Waals surface area contributed by atoms with Crippen molar-refractivity contribution < 1.29 is 29.0 Å². The number of carbonyl (C=O) groups excluding carboxylic acids is 3. The van der Waals surface area contributed by atoms with Gasteiger partial charge in [0, 0.05) is 35.5 Å². The Balaban J connectivity index is 1.34. The highest BCUT2D eigenvalue weighted by Gasteiger charge is 2.47. The van der Waals surface area contributed by atoms with E-state index in [1.807, 2.05) is 30.3 Å². The van der Waals surface area contributed by atoms with Gasteiger partial charge < -0.3 is 25.4 Å². The summed E-state index contributed by atoms with van der Waals surface area (Å²) in [5.41, 5.74) is 1.21. The number of benzene rings is 2. The predicted octanol–water partition coefficient (Wildman–Crippen LogP) is 4.27. The number of nitrogens with one attached hydrogen (secondary N) is 3. The molecule has 11 heteroatoms. The van der Waals surface area contributed by atoms with Crippen molar-refractivity contribution in [2.75, 3.05) is 18.4 Å². The SMILES string of the molecule is O=C(O)NC1CCC(C(=O)N[C@@H](Cc2ccccc2)C(=O)N2CCC[C@@]3(C2)OC(=O)Nc2ccc(Cl)cc23)CC1. The molecule has 4 amide bonds. The van der Waals surface area contributed by atoms with Gasteiger partial charge in [-0.25, -0.2) is 9.59 Å². The Morgan fingerprint density at radius 3 is 2.60 bits per heavy atom. The quantitative estimate of drug-likeness (QED) is 0.411. The molecule has 4 N–H and O–H groups in total. The molecule has 3 aliphatic rings. The average Bonchev–Trinajstić information content (AvgIpc) is 2.93. The normalized spacial score (nSPS) is 24.7. The first kappa shape index (κ1) is 27.8. The lowest BCUT2D eigenvalue weighted by atomic mass is 9.83. The Labute approximate surface area is 237 Å². The molecule has 2 aliphatic heterocycles. The van der Waals surface area contributed by atoms with Crippen LogP contribution in [0.5, 0.6) is 0 Å². The maximum absolute atomic E-state index is 14.0. The lowest BCUT2D eigenvalue weighted by Gasteiger charge is -2.45. The van der Waals surface area contributed by atoms with Gasteiger partial charge >= 0.3 is 12.2 Å². The van der Waals surface area contributed by atoms with Crippen LogP contribution in [0.2, 0.25) is 5.02 Å². The molecular weight excluding hydrogens is 536 g/mol. The minimum Gasteiger partial charge on any atom is -0.465 e. The Morgan fingerprint density at radius 1 is 1.12 bits per heavy atom. The molecule has 2 aromatic rings. The highest BCUT2D eigenvalue weighted by atomic mass is 35.5. The minimum atomic E-state index is -1.06. The second-order valence-electron chi connectivity index (χ2n) is 10.8. The van der Waals surface area contributed by atoms with Gasteiger partial charge in [-0.15, -0.1) is 0 Å². The number of piperidine rings is 1. The van der Waals surface area contributed by atoms with Crippen LogP contribution in [0.3, 0.4) is 0 Å². The molecule has 0 aromatic heterocycles. The minimum absolute atomic E-state index is 0.153. The van der Waals surface area contributed by atoms with E-state index in [0.717, 1.165) is 11.1 Å². The first-order valence-electron chi connectivity index (χ1n) is 13.6. The Kier molecular flexibility index (Phi) is 8.16. The van der Waals surface area contributed by atoms with Crippen molar-refractivity contribution in [3.8, 4) is 0 Å². The van der Waals surface area contributed by atoms with Crippen molar-refractivity contribution in [1.82, 2.24) is 15.5 Å². The molecular formula is C29H33ClN4O6. The lowest BCUT2D eigenvalue weighted by Crippen LogP contribution is -2.58. The molecule has 0 bridgehead atoms. The van der Waals surface area contributed by atoms with E-state index >= 15 is 0 Å². The van der Waals surface area contributed by atoms with E-state index < -0.39 is 23.8 Å². The standard InChI is InChI=1S/C29H33ClN4O6/c30-20-9-12-23-22(16-20)29(40-28(39)33-23)13-4-14-34(17-29)26(36)24(15-18-5-2-1-3-6-18)32-25(35)19-7-10-21(11-8-19)31-27(37)38/h1-3,5-6,9,12,16,19,21,24,31H,4,7-8,10-11,13-15,17H2,(H,32,35)(H,33,39)(H,37,38)/t19?,21?,24-,29-/m0/s1. The first-order chi connectivity index (χ1) is 19.2. The number of likely N-dealkylation sites (tertiary alicyclic amines) is 1. The number of hydrogen-bond donors (Lipinski definition) is 4. The molecule has 40 heavy (non-hydrogen) atoms. The van der Waals surface area contributed by atoms with Gasteiger partial charge in [-0.1, -0.05) is 41.9 Å². The van der Waals surface area contributed by atoms with E-state index in [1.54, 1.807) is 23.1 Å². The predicted molar refractivity (Wildman–Crippen MR) is 148 cm³/mol. The van der Waals surface area contributed by atoms with E-state index in [2.05, 4.69) is 16.0 Å². The number of hydrogen-bond acceptors (Lipinski definition) is 5. The number of halogens is 1. The monoisotopic (exact) mass is 568 g/mol. The highest BCUT2D eigenvalue weighted by molar-refractivity contribution is 6.30. The average molecular weight is 569 g/mol. The fourth-order valence-corrected chi connectivity index (χ4v) is 6.29. The van der Waals surface area contributed by atoms with Gasteiger partial charge in [-0.05, 0) is 62.3 Å². The third kappa shape index (κ3) is 6.17. The zero-order valence-corrected chi connectivity index (χ0v) is 22.8. The van der Waals surface area contributed by atoms with Crippen molar-refractivity contribution in [3.05, 3.63) is 64.7 Å². The number of anilines is 1. The summed E-state index contributed by atoms with van der Waals surface area (Å²) in [5, 5.41) is 17.7. The molecule has 10 nitrogen and oxygen atoms in total. The van der Waals surface area contributed by atoms with Crippen LogP contribution in [-0.4, -0.2) is 59.2 Å². The van der Waals surface area contributed by atoms with E-state index in [1.165, 1.54) is 0 Å². The van der Waals surface area contributed by atoms with E-state index in [-0.39, 0.29) is 30.3 Å². The molecule has 1 aliphatic carbocycles. The summed E-state index contributed by atoms with van der Waals surface area (Å²) in [6, 6.07) is 13.7. The highest BCUT2D eigenvalue weighted by Crippen LogP contribution is 2.43. The van der Waals surface area contributed by atoms with Crippen LogP contribution < -0.4 is 16.0 Å². The molecule has 2 atom stereocenters. The van der Waals surface area contributed by atoms with Gasteiger partial charge in [-0.3, -0.25) is 14.9 Å². The van der Waals surface area contributed by atoms with Gasteiger partial charge in [0.1, 0.15) is 6.04 Å².